The first-order valence-corrected chi connectivity index (χ1v) is 5.52. The molecule has 1 heterocycles. The minimum absolute atomic E-state index is 0.137. The van der Waals surface area contributed by atoms with Gasteiger partial charge in [-0.3, -0.25) is 0 Å². The molecule has 1 aromatic rings. The van der Waals surface area contributed by atoms with Crippen molar-refractivity contribution in [3.8, 4) is 0 Å². The van der Waals surface area contributed by atoms with E-state index < -0.39 is 0 Å². The van der Waals surface area contributed by atoms with E-state index in [-0.39, 0.29) is 6.61 Å². The molecule has 2 N–H and O–H groups in total. The van der Waals surface area contributed by atoms with Crippen molar-refractivity contribution in [1.29, 1.82) is 0 Å². The van der Waals surface area contributed by atoms with Crippen LogP contribution in [0.15, 0.2) is 0 Å². The van der Waals surface area contributed by atoms with Gasteiger partial charge < -0.3 is 10.4 Å². The summed E-state index contributed by atoms with van der Waals surface area (Å²) in [5.41, 5.74) is 2.44. The molecule has 4 heteroatoms. The molecular weight excluding hydrogens is 190 g/mol. The second-order valence-electron chi connectivity index (χ2n) is 3.90. The Labute approximate surface area is 89.8 Å². The van der Waals surface area contributed by atoms with E-state index in [0.717, 1.165) is 24.5 Å². The maximum Gasteiger partial charge on any atom is 0.133 e. The van der Waals surface area contributed by atoms with Crippen molar-refractivity contribution in [2.24, 2.45) is 0 Å². The Morgan fingerprint density at radius 1 is 1.27 bits per heavy atom. The third-order valence-electron chi connectivity index (χ3n) is 2.70. The minimum Gasteiger partial charge on any atom is -0.395 e. The van der Waals surface area contributed by atoms with Crippen molar-refractivity contribution in [2.45, 2.75) is 32.6 Å². The lowest BCUT2D eigenvalue weighted by molar-refractivity contribution is 0.311. The molecule has 0 aromatic carbocycles. The number of nitrogens with one attached hydrogen (secondary N) is 1. The molecule has 0 radical (unpaired) electrons. The Morgan fingerprint density at radius 2 is 2.07 bits per heavy atom. The highest BCUT2D eigenvalue weighted by Crippen LogP contribution is 2.24. The van der Waals surface area contributed by atoms with Gasteiger partial charge in [-0.2, -0.15) is 0 Å². The molecule has 0 unspecified atom stereocenters. The van der Waals surface area contributed by atoms with Crippen LogP contribution < -0.4 is 5.32 Å². The largest absolute Gasteiger partial charge is 0.395 e. The van der Waals surface area contributed by atoms with Crippen LogP contribution in [0, 0.1) is 6.92 Å². The molecule has 0 fully saturated rings. The van der Waals surface area contributed by atoms with Gasteiger partial charge in [-0.1, -0.05) is 0 Å². The maximum absolute atomic E-state index is 8.80. The molecule has 1 aromatic heterocycles. The van der Waals surface area contributed by atoms with E-state index in [1.54, 1.807) is 0 Å². The number of fused-ring (bicyclic) bond motifs is 1. The number of aryl methyl sites for hydroxylation is 2. The summed E-state index contributed by atoms with van der Waals surface area (Å²) in [6.07, 6.45) is 4.56. The Balaban J connectivity index is 2.30. The first-order chi connectivity index (χ1) is 7.31. The molecule has 0 amide bonds. The molecular formula is C11H17N3O. The summed E-state index contributed by atoms with van der Waals surface area (Å²) < 4.78 is 0. The van der Waals surface area contributed by atoms with Crippen LogP contribution in [0.3, 0.4) is 0 Å². The summed E-state index contributed by atoms with van der Waals surface area (Å²) in [6, 6.07) is 0. The Morgan fingerprint density at radius 3 is 2.87 bits per heavy atom. The lowest BCUT2D eigenvalue weighted by Gasteiger charge is -2.18. The predicted molar refractivity (Wildman–Crippen MR) is 59.0 cm³/mol. The summed E-state index contributed by atoms with van der Waals surface area (Å²) in [4.78, 5) is 8.86. The number of aliphatic hydroxyl groups excluding tert-OH is 1. The Bertz CT molecular complexity index is 352. The van der Waals surface area contributed by atoms with E-state index >= 15 is 0 Å². The van der Waals surface area contributed by atoms with Crippen LogP contribution >= 0.6 is 0 Å². The van der Waals surface area contributed by atoms with Crippen LogP contribution in [0.5, 0.6) is 0 Å². The summed E-state index contributed by atoms with van der Waals surface area (Å²) in [5.74, 6) is 1.74. The topological polar surface area (TPSA) is 58.0 Å². The molecule has 0 aliphatic heterocycles. The lowest BCUT2D eigenvalue weighted by atomic mass is 9.96. The van der Waals surface area contributed by atoms with Gasteiger partial charge in [0.15, 0.2) is 0 Å². The van der Waals surface area contributed by atoms with Crippen LogP contribution in [0.1, 0.15) is 29.9 Å². The smallest absolute Gasteiger partial charge is 0.133 e. The van der Waals surface area contributed by atoms with Crippen molar-refractivity contribution in [1.82, 2.24) is 9.97 Å². The van der Waals surface area contributed by atoms with E-state index in [1.165, 1.54) is 24.1 Å². The first kappa shape index (κ1) is 10.4. The third-order valence-corrected chi connectivity index (χ3v) is 2.70. The minimum atomic E-state index is 0.137. The maximum atomic E-state index is 8.80. The number of anilines is 1. The molecule has 1 aliphatic carbocycles. The number of aliphatic hydroxyl groups is 1. The van der Waals surface area contributed by atoms with Gasteiger partial charge in [0.05, 0.1) is 6.61 Å². The third kappa shape index (κ3) is 2.26. The van der Waals surface area contributed by atoms with Gasteiger partial charge in [-0.15, -0.1) is 0 Å². The van der Waals surface area contributed by atoms with Crippen LogP contribution in [0.25, 0.3) is 0 Å². The second-order valence-corrected chi connectivity index (χ2v) is 3.90. The summed E-state index contributed by atoms with van der Waals surface area (Å²) in [5, 5.41) is 12.0. The number of rotatable bonds is 3. The molecule has 2 rings (SSSR count). The molecule has 4 nitrogen and oxygen atoms in total. The van der Waals surface area contributed by atoms with Gasteiger partial charge in [-0.25, -0.2) is 9.97 Å². The zero-order valence-electron chi connectivity index (χ0n) is 9.08. The molecule has 0 saturated heterocycles. The predicted octanol–water partition coefficient (Wildman–Crippen LogP) is 1.07. The van der Waals surface area contributed by atoms with Crippen LogP contribution in [0.2, 0.25) is 0 Å². The lowest BCUT2D eigenvalue weighted by Crippen LogP contribution is -2.15. The molecule has 82 valence electrons. The van der Waals surface area contributed by atoms with Crippen molar-refractivity contribution in [2.75, 3.05) is 18.5 Å². The summed E-state index contributed by atoms with van der Waals surface area (Å²) in [6.45, 7) is 2.61. The number of aromatic nitrogens is 2. The average molecular weight is 207 g/mol. The molecule has 0 atom stereocenters. The molecule has 15 heavy (non-hydrogen) atoms. The fourth-order valence-corrected chi connectivity index (χ4v) is 2.04. The monoisotopic (exact) mass is 207 g/mol. The van der Waals surface area contributed by atoms with Gasteiger partial charge in [-0.05, 0) is 32.6 Å². The van der Waals surface area contributed by atoms with E-state index in [1.807, 2.05) is 6.92 Å². The van der Waals surface area contributed by atoms with E-state index in [4.69, 9.17) is 5.11 Å². The second kappa shape index (κ2) is 4.57. The number of hydrogen-bond acceptors (Lipinski definition) is 4. The number of hydrogen-bond donors (Lipinski definition) is 2. The van der Waals surface area contributed by atoms with E-state index in [2.05, 4.69) is 15.3 Å². The fourth-order valence-electron chi connectivity index (χ4n) is 2.04. The van der Waals surface area contributed by atoms with Gasteiger partial charge in [0.1, 0.15) is 11.6 Å². The van der Waals surface area contributed by atoms with Crippen molar-refractivity contribution >= 4 is 5.82 Å². The van der Waals surface area contributed by atoms with Crippen LogP contribution in [0.4, 0.5) is 5.82 Å². The Hall–Kier alpha value is -1.16. The standard InChI is InChI=1S/C11H17N3O/c1-8-13-10-5-3-2-4-9(10)11(14-8)12-6-7-15/h15H,2-7H2,1H3,(H,12,13,14). The number of nitrogens with zero attached hydrogens (tertiary/aromatic N) is 2. The SMILES string of the molecule is Cc1nc2c(c(NCCO)n1)CCCC2. The van der Waals surface area contributed by atoms with Crippen molar-refractivity contribution in [3.63, 3.8) is 0 Å². The molecule has 0 spiro atoms. The van der Waals surface area contributed by atoms with Crippen LogP contribution in [-0.2, 0) is 12.8 Å². The molecule has 0 bridgehead atoms. The van der Waals surface area contributed by atoms with Gasteiger partial charge >= 0.3 is 0 Å². The average Bonchev–Trinajstić information content (AvgIpc) is 2.25. The van der Waals surface area contributed by atoms with E-state index in [9.17, 15) is 0 Å². The fraction of sp³-hybridized carbons (Fsp3) is 0.636. The highest BCUT2D eigenvalue weighted by atomic mass is 16.3. The highest BCUT2D eigenvalue weighted by Gasteiger charge is 2.16. The Kier molecular flexibility index (Phi) is 3.16. The van der Waals surface area contributed by atoms with Crippen molar-refractivity contribution in [3.05, 3.63) is 17.1 Å². The van der Waals surface area contributed by atoms with E-state index in [0.29, 0.717) is 6.54 Å². The molecule has 1 aliphatic rings. The molecule has 0 saturated carbocycles. The zero-order chi connectivity index (χ0) is 10.7. The first-order valence-electron chi connectivity index (χ1n) is 5.52. The van der Waals surface area contributed by atoms with Crippen molar-refractivity contribution < 1.29 is 5.11 Å². The van der Waals surface area contributed by atoms with Gasteiger partial charge in [0, 0.05) is 17.8 Å². The van der Waals surface area contributed by atoms with Crippen LogP contribution in [-0.4, -0.2) is 28.2 Å². The van der Waals surface area contributed by atoms with Gasteiger partial charge in [0.2, 0.25) is 0 Å². The normalized spacial score (nSPS) is 14.8. The highest BCUT2D eigenvalue weighted by molar-refractivity contribution is 5.47. The zero-order valence-corrected chi connectivity index (χ0v) is 9.08. The summed E-state index contributed by atoms with van der Waals surface area (Å²) in [7, 11) is 0. The van der Waals surface area contributed by atoms with Gasteiger partial charge in [0.25, 0.3) is 0 Å². The quantitative estimate of drug-likeness (QED) is 0.778. The summed E-state index contributed by atoms with van der Waals surface area (Å²) >= 11 is 0.